The summed E-state index contributed by atoms with van der Waals surface area (Å²) < 4.78 is 4.92. The minimum Gasteiger partial charge on any atom is -0.453 e. The van der Waals surface area contributed by atoms with Crippen LogP contribution in [0.4, 0.5) is 16.2 Å². The third kappa shape index (κ3) is 9.30. The van der Waals surface area contributed by atoms with E-state index in [0.717, 1.165) is 73.1 Å². The Morgan fingerprint density at radius 3 is 2.26 bits per heavy atom. The molecule has 1 aliphatic carbocycles. The van der Waals surface area contributed by atoms with Gasteiger partial charge in [-0.05, 0) is 93.2 Å². The van der Waals surface area contributed by atoms with Crippen molar-refractivity contribution in [1.82, 2.24) is 9.80 Å². The fourth-order valence-electron chi connectivity index (χ4n) is 5.81. The number of hydrogen-bond donors (Lipinski definition) is 2. The average Bonchev–Trinajstić information content (AvgIpc) is 3.00. The van der Waals surface area contributed by atoms with Crippen LogP contribution in [-0.4, -0.2) is 75.2 Å². The molecule has 0 atom stereocenters. The third-order valence-corrected chi connectivity index (χ3v) is 8.24. The average molecular weight is 586 g/mol. The first kappa shape index (κ1) is 32.0. The molecular weight excluding hydrogens is 538 g/mol. The van der Waals surface area contributed by atoms with Gasteiger partial charge >= 0.3 is 6.09 Å². The number of hydrogen-bond acceptors (Lipinski definition) is 6. The molecule has 0 spiro atoms. The van der Waals surface area contributed by atoms with E-state index in [-0.39, 0.29) is 18.0 Å². The van der Waals surface area contributed by atoms with E-state index in [1.165, 1.54) is 7.11 Å². The lowest BCUT2D eigenvalue weighted by Gasteiger charge is -2.36. The van der Waals surface area contributed by atoms with E-state index in [2.05, 4.69) is 58.4 Å². The molecule has 3 aromatic rings. The van der Waals surface area contributed by atoms with E-state index in [1.807, 2.05) is 55.6 Å². The van der Waals surface area contributed by atoms with Gasteiger partial charge in [0.25, 0.3) is 0 Å². The molecule has 4 rings (SSSR count). The third-order valence-electron chi connectivity index (χ3n) is 8.24. The first-order valence-electron chi connectivity index (χ1n) is 15.3. The maximum Gasteiger partial charge on any atom is 0.411 e. The van der Waals surface area contributed by atoms with Gasteiger partial charge in [0.2, 0.25) is 5.91 Å². The summed E-state index contributed by atoms with van der Waals surface area (Å²) >= 11 is 0. The predicted octanol–water partition coefficient (Wildman–Crippen LogP) is 5.76. The molecule has 1 fully saturated rings. The summed E-state index contributed by atoms with van der Waals surface area (Å²) in [6.07, 6.45) is 4.60. The highest BCUT2D eigenvalue weighted by molar-refractivity contribution is 5.91. The van der Waals surface area contributed by atoms with Gasteiger partial charge < -0.3 is 25.2 Å². The number of rotatable bonds is 12. The molecule has 0 heterocycles. The standard InChI is InChI=1S/C35H47N5O3/c1-38(2)20-9-21-39(3)33-19-14-29(24-32(33)37-35(42)43-4)28-13-8-12-27(22-28)25-40(31-17-15-30(36)16-18-31)34(41)23-26-10-6-5-7-11-26/h5-8,10-14,19,22,24,30-31H,9,15-18,20-21,23,25,36H2,1-4H3,(H,37,42). The van der Waals surface area contributed by atoms with Gasteiger partial charge in [-0.1, -0.05) is 54.6 Å². The molecule has 0 saturated heterocycles. The van der Waals surface area contributed by atoms with Crippen molar-refractivity contribution in [3.8, 4) is 11.1 Å². The molecule has 0 radical (unpaired) electrons. The molecule has 3 N–H and O–H groups in total. The Morgan fingerprint density at radius 1 is 0.860 bits per heavy atom. The molecule has 230 valence electrons. The molecule has 0 aliphatic heterocycles. The molecule has 0 unspecified atom stereocenters. The van der Waals surface area contributed by atoms with Crippen LogP contribution in [0.5, 0.6) is 0 Å². The van der Waals surface area contributed by atoms with E-state index in [0.29, 0.717) is 18.7 Å². The lowest BCUT2D eigenvalue weighted by Crippen LogP contribution is -2.44. The van der Waals surface area contributed by atoms with Gasteiger partial charge in [0.05, 0.1) is 24.9 Å². The number of anilines is 2. The largest absolute Gasteiger partial charge is 0.453 e. The van der Waals surface area contributed by atoms with Crippen LogP contribution in [0.25, 0.3) is 11.1 Å². The van der Waals surface area contributed by atoms with Crippen molar-refractivity contribution in [2.24, 2.45) is 5.73 Å². The van der Waals surface area contributed by atoms with Crippen molar-refractivity contribution >= 4 is 23.4 Å². The molecule has 3 aromatic carbocycles. The monoisotopic (exact) mass is 585 g/mol. The normalized spacial score (nSPS) is 16.5. The van der Waals surface area contributed by atoms with E-state index < -0.39 is 6.09 Å². The first-order chi connectivity index (χ1) is 20.7. The smallest absolute Gasteiger partial charge is 0.411 e. The zero-order chi connectivity index (χ0) is 30.8. The van der Waals surface area contributed by atoms with Crippen LogP contribution in [0.1, 0.15) is 43.2 Å². The quantitative estimate of drug-likeness (QED) is 0.281. The molecule has 1 aliphatic rings. The molecular formula is C35H47N5O3. The summed E-state index contributed by atoms with van der Waals surface area (Å²) in [7, 11) is 7.53. The van der Waals surface area contributed by atoms with Gasteiger partial charge in [-0.25, -0.2) is 4.79 Å². The highest BCUT2D eigenvalue weighted by Gasteiger charge is 2.28. The zero-order valence-corrected chi connectivity index (χ0v) is 26.1. The van der Waals surface area contributed by atoms with E-state index in [4.69, 9.17) is 10.5 Å². The van der Waals surface area contributed by atoms with Crippen LogP contribution >= 0.6 is 0 Å². The van der Waals surface area contributed by atoms with Gasteiger partial charge in [-0.2, -0.15) is 0 Å². The minimum absolute atomic E-state index is 0.142. The Bertz CT molecular complexity index is 1340. The molecule has 0 bridgehead atoms. The van der Waals surface area contributed by atoms with Gasteiger partial charge in [0.1, 0.15) is 0 Å². The van der Waals surface area contributed by atoms with Gasteiger partial charge in [0, 0.05) is 32.2 Å². The van der Waals surface area contributed by atoms with E-state index >= 15 is 0 Å². The lowest BCUT2D eigenvalue weighted by atomic mass is 9.90. The second-order valence-electron chi connectivity index (χ2n) is 11.9. The van der Waals surface area contributed by atoms with Crippen molar-refractivity contribution in [2.75, 3.05) is 51.6 Å². The van der Waals surface area contributed by atoms with Gasteiger partial charge in [-0.3, -0.25) is 10.1 Å². The fourth-order valence-corrected chi connectivity index (χ4v) is 5.81. The first-order valence-corrected chi connectivity index (χ1v) is 15.3. The van der Waals surface area contributed by atoms with Crippen LogP contribution in [0.3, 0.4) is 0 Å². The Morgan fingerprint density at radius 2 is 1.56 bits per heavy atom. The number of carbonyl (C=O) groups excluding carboxylic acids is 2. The molecule has 1 saturated carbocycles. The van der Waals surface area contributed by atoms with Crippen molar-refractivity contribution in [1.29, 1.82) is 0 Å². The SMILES string of the molecule is COC(=O)Nc1cc(-c2cccc(CN(C(=O)Cc3ccccc3)C3CCC(N)CC3)c2)ccc1N(C)CCCN(C)C. The van der Waals surface area contributed by atoms with Crippen LogP contribution in [-0.2, 0) is 22.5 Å². The number of amides is 2. The number of benzene rings is 3. The summed E-state index contributed by atoms with van der Waals surface area (Å²) in [5, 5.41) is 2.91. The summed E-state index contributed by atoms with van der Waals surface area (Å²) in [6, 6.07) is 24.8. The van der Waals surface area contributed by atoms with Crippen LogP contribution in [0.15, 0.2) is 72.8 Å². The van der Waals surface area contributed by atoms with Gasteiger partial charge in [-0.15, -0.1) is 0 Å². The van der Waals surface area contributed by atoms with E-state index in [1.54, 1.807) is 0 Å². The van der Waals surface area contributed by atoms with Crippen LogP contribution in [0, 0.1) is 0 Å². The summed E-state index contributed by atoms with van der Waals surface area (Å²) in [6.45, 7) is 2.37. The molecule has 0 aromatic heterocycles. The molecule has 2 amide bonds. The predicted molar refractivity (Wildman–Crippen MR) is 175 cm³/mol. The zero-order valence-electron chi connectivity index (χ0n) is 26.1. The summed E-state index contributed by atoms with van der Waals surface area (Å²) in [5.74, 6) is 0.142. The van der Waals surface area contributed by atoms with E-state index in [9.17, 15) is 9.59 Å². The molecule has 43 heavy (non-hydrogen) atoms. The summed E-state index contributed by atoms with van der Waals surface area (Å²) in [4.78, 5) is 32.3. The number of nitrogens with two attached hydrogens (primary N) is 1. The highest BCUT2D eigenvalue weighted by Crippen LogP contribution is 2.33. The molecule has 8 heteroatoms. The number of ether oxygens (including phenoxy) is 1. The van der Waals surface area contributed by atoms with Crippen molar-refractivity contribution < 1.29 is 14.3 Å². The number of carbonyl (C=O) groups is 2. The summed E-state index contributed by atoms with van der Waals surface area (Å²) in [5.41, 5.74) is 11.9. The second-order valence-corrected chi connectivity index (χ2v) is 11.9. The molecule has 8 nitrogen and oxygen atoms in total. The van der Waals surface area contributed by atoms with Crippen LogP contribution < -0.4 is 16.0 Å². The van der Waals surface area contributed by atoms with Crippen molar-refractivity contribution in [2.45, 2.75) is 57.2 Å². The Hall–Kier alpha value is -3.88. The Balaban J connectivity index is 1.58. The number of methoxy groups -OCH3 is 1. The maximum atomic E-state index is 13.7. The lowest BCUT2D eigenvalue weighted by molar-refractivity contribution is -0.134. The number of nitrogens with one attached hydrogen (secondary N) is 1. The topological polar surface area (TPSA) is 91.1 Å². The fraction of sp³-hybridized carbons (Fsp3) is 0.429. The highest BCUT2D eigenvalue weighted by atomic mass is 16.5. The number of nitrogens with zero attached hydrogens (tertiary/aromatic N) is 3. The Labute approximate surface area is 256 Å². The Kier molecular flexibility index (Phi) is 11.6. The second kappa shape index (κ2) is 15.5. The minimum atomic E-state index is -0.506. The van der Waals surface area contributed by atoms with Gasteiger partial charge in [0.15, 0.2) is 0 Å². The maximum absolute atomic E-state index is 13.7. The van der Waals surface area contributed by atoms with Crippen molar-refractivity contribution in [3.63, 3.8) is 0 Å². The van der Waals surface area contributed by atoms with Crippen LogP contribution in [0.2, 0.25) is 0 Å². The van der Waals surface area contributed by atoms with Crippen molar-refractivity contribution in [3.05, 3.63) is 83.9 Å².